The monoisotopic (exact) mass is 323 g/mol. The smallest absolute Gasteiger partial charge is 0.255 e. The molecule has 0 atom stereocenters. The second kappa shape index (κ2) is 7.34. The largest absolute Gasteiger partial charge is 0.496 e. The zero-order valence-electron chi connectivity index (χ0n) is 11.5. The molecule has 1 amide bonds. The van der Waals surface area contributed by atoms with E-state index in [1.165, 1.54) is 7.11 Å². The maximum atomic E-state index is 12.2. The normalized spacial score (nSPS) is 10.2. The van der Waals surface area contributed by atoms with Gasteiger partial charge < -0.3 is 10.1 Å². The van der Waals surface area contributed by atoms with Crippen LogP contribution in [0, 0.1) is 0 Å². The summed E-state index contributed by atoms with van der Waals surface area (Å²) in [7, 11) is 1.51. The Balaban J connectivity index is 2.04. The van der Waals surface area contributed by atoms with Crippen molar-refractivity contribution in [3.8, 4) is 5.75 Å². The molecule has 0 saturated heterocycles. The highest BCUT2D eigenvalue weighted by Crippen LogP contribution is 2.23. The molecule has 0 radical (unpaired) electrons. The van der Waals surface area contributed by atoms with E-state index in [0.717, 1.165) is 11.1 Å². The third-order valence-corrected chi connectivity index (χ3v) is 3.58. The zero-order valence-corrected chi connectivity index (χ0v) is 13.0. The van der Waals surface area contributed by atoms with E-state index in [1.54, 1.807) is 18.2 Å². The number of carbonyl (C=O) groups excluding carboxylic acids is 1. The number of rotatable bonds is 5. The summed E-state index contributed by atoms with van der Waals surface area (Å²) in [5.41, 5.74) is 2.51. The van der Waals surface area contributed by atoms with Crippen molar-refractivity contribution in [3.05, 3.63) is 64.2 Å². The van der Waals surface area contributed by atoms with Crippen molar-refractivity contribution in [2.45, 2.75) is 12.4 Å². The summed E-state index contributed by atoms with van der Waals surface area (Å²) in [5.74, 6) is 0.733. The summed E-state index contributed by atoms with van der Waals surface area (Å²) >= 11 is 11.6. The number of ether oxygens (including phenoxy) is 1. The standard InChI is InChI=1S/C16H15Cl2NO2/c1-21-15-8-13(18)6-7-14(15)16(20)19-10-12-4-2-11(9-17)3-5-12/h2-8H,9-10H2,1H3,(H,19,20). The number of hydrogen-bond donors (Lipinski definition) is 1. The maximum Gasteiger partial charge on any atom is 0.255 e. The Kier molecular flexibility index (Phi) is 5.48. The minimum Gasteiger partial charge on any atom is -0.496 e. The summed E-state index contributed by atoms with van der Waals surface area (Å²) in [6, 6.07) is 12.7. The van der Waals surface area contributed by atoms with Gasteiger partial charge in [-0.3, -0.25) is 4.79 Å². The SMILES string of the molecule is COc1cc(Cl)ccc1C(=O)NCc1ccc(CCl)cc1. The quantitative estimate of drug-likeness (QED) is 0.844. The Labute approximate surface area is 133 Å². The molecule has 0 unspecified atom stereocenters. The van der Waals surface area contributed by atoms with Crippen LogP contribution < -0.4 is 10.1 Å². The predicted octanol–water partition coefficient (Wildman–Crippen LogP) is 4.02. The highest BCUT2D eigenvalue weighted by atomic mass is 35.5. The van der Waals surface area contributed by atoms with Gasteiger partial charge in [-0.1, -0.05) is 35.9 Å². The predicted molar refractivity (Wildman–Crippen MR) is 85.2 cm³/mol. The van der Waals surface area contributed by atoms with Crippen LogP contribution in [0.1, 0.15) is 21.5 Å². The van der Waals surface area contributed by atoms with Crippen LogP contribution >= 0.6 is 23.2 Å². The maximum absolute atomic E-state index is 12.2. The van der Waals surface area contributed by atoms with E-state index in [2.05, 4.69) is 5.32 Å². The number of nitrogens with one attached hydrogen (secondary N) is 1. The third kappa shape index (κ3) is 4.13. The minimum absolute atomic E-state index is 0.204. The van der Waals surface area contributed by atoms with Gasteiger partial charge in [-0.2, -0.15) is 0 Å². The van der Waals surface area contributed by atoms with Crippen molar-refractivity contribution in [2.24, 2.45) is 0 Å². The average Bonchev–Trinajstić information content (AvgIpc) is 2.52. The molecule has 21 heavy (non-hydrogen) atoms. The van der Waals surface area contributed by atoms with Crippen molar-refractivity contribution >= 4 is 29.1 Å². The molecular weight excluding hydrogens is 309 g/mol. The summed E-state index contributed by atoms with van der Waals surface area (Å²) in [6.07, 6.45) is 0. The lowest BCUT2D eigenvalue weighted by atomic mass is 10.1. The molecule has 2 aromatic carbocycles. The molecule has 0 heterocycles. The van der Waals surface area contributed by atoms with Crippen LogP contribution in [0.15, 0.2) is 42.5 Å². The van der Waals surface area contributed by atoms with Crippen molar-refractivity contribution < 1.29 is 9.53 Å². The van der Waals surface area contributed by atoms with Gasteiger partial charge in [0, 0.05) is 17.4 Å². The molecule has 2 rings (SSSR count). The number of halogens is 2. The highest BCUT2D eigenvalue weighted by Gasteiger charge is 2.12. The van der Waals surface area contributed by atoms with Crippen LogP contribution in [0.25, 0.3) is 0 Å². The first-order chi connectivity index (χ1) is 10.1. The first-order valence-corrected chi connectivity index (χ1v) is 7.31. The lowest BCUT2D eigenvalue weighted by Crippen LogP contribution is -2.23. The molecule has 0 aliphatic heterocycles. The van der Waals surface area contributed by atoms with Crippen LogP contribution in [-0.4, -0.2) is 13.0 Å². The second-order valence-electron chi connectivity index (χ2n) is 4.48. The van der Waals surface area contributed by atoms with Gasteiger partial charge in [0.1, 0.15) is 5.75 Å². The lowest BCUT2D eigenvalue weighted by Gasteiger charge is -2.10. The molecule has 1 N–H and O–H groups in total. The molecule has 0 aliphatic carbocycles. The Hall–Kier alpha value is -1.71. The summed E-state index contributed by atoms with van der Waals surface area (Å²) in [6.45, 7) is 0.438. The van der Waals surface area contributed by atoms with Crippen LogP contribution in [-0.2, 0) is 12.4 Å². The number of hydrogen-bond acceptors (Lipinski definition) is 2. The summed E-state index contributed by atoms with van der Waals surface area (Å²) in [4.78, 5) is 12.2. The second-order valence-corrected chi connectivity index (χ2v) is 5.18. The van der Waals surface area contributed by atoms with Crippen molar-refractivity contribution in [2.75, 3.05) is 7.11 Å². The van der Waals surface area contributed by atoms with Gasteiger partial charge in [0.2, 0.25) is 0 Å². The Bertz CT molecular complexity index is 627. The fourth-order valence-electron chi connectivity index (χ4n) is 1.88. The average molecular weight is 324 g/mol. The lowest BCUT2D eigenvalue weighted by molar-refractivity contribution is 0.0948. The van der Waals surface area contributed by atoms with E-state index in [-0.39, 0.29) is 5.91 Å². The van der Waals surface area contributed by atoms with E-state index in [4.69, 9.17) is 27.9 Å². The molecule has 0 bridgehead atoms. The van der Waals surface area contributed by atoms with Crippen LogP contribution in [0.2, 0.25) is 5.02 Å². The van der Waals surface area contributed by atoms with E-state index < -0.39 is 0 Å². The van der Waals surface area contributed by atoms with Gasteiger partial charge in [-0.15, -0.1) is 11.6 Å². The van der Waals surface area contributed by atoms with Gasteiger partial charge in [0.15, 0.2) is 0 Å². The third-order valence-electron chi connectivity index (χ3n) is 3.04. The molecule has 0 fully saturated rings. The fourth-order valence-corrected chi connectivity index (χ4v) is 2.22. The first-order valence-electron chi connectivity index (χ1n) is 6.39. The molecular formula is C16H15Cl2NO2. The fraction of sp³-hybridized carbons (Fsp3) is 0.188. The molecule has 5 heteroatoms. The molecule has 110 valence electrons. The topological polar surface area (TPSA) is 38.3 Å². The van der Waals surface area contributed by atoms with E-state index in [1.807, 2.05) is 24.3 Å². The zero-order chi connectivity index (χ0) is 15.2. The Morgan fingerprint density at radius 3 is 2.43 bits per heavy atom. The first kappa shape index (κ1) is 15.7. The molecule has 0 aliphatic rings. The number of benzene rings is 2. The molecule has 2 aromatic rings. The number of alkyl halides is 1. The van der Waals surface area contributed by atoms with Crippen LogP contribution in [0.3, 0.4) is 0 Å². The van der Waals surface area contributed by atoms with Crippen LogP contribution in [0.5, 0.6) is 5.75 Å². The van der Waals surface area contributed by atoms with E-state index in [0.29, 0.717) is 28.8 Å². The highest BCUT2D eigenvalue weighted by molar-refractivity contribution is 6.30. The minimum atomic E-state index is -0.204. The van der Waals surface area contributed by atoms with Gasteiger partial charge in [-0.05, 0) is 29.3 Å². The number of methoxy groups -OCH3 is 1. The van der Waals surface area contributed by atoms with Gasteiger partial charge in [0.25, 0.3) is 5.91 Å². The van der Waals surface area contributed by atoms with Crippen molar-refractivity contribution in [1.29, 1.82) is 0 Å². The van der Waals surface area contributed by atoms with Gasteiger partial charge >= 0.3 is 0 Å². The molecule has 3 nitrogen and oxygen atoms in total. The van der Waals surface area contributed by atoms with Crippen molar-refractivity contribution in [3.63, 3.8) is 0 Å². The van der Waals surface area contributed by atoms with Crippen molar-refractivity contribution in [1.82, 2.24) is 5.32 Å². The van der Waals surface area contributed by atoms with Gasteiger partial charge in [-0.25, -0.2) is 0 Å². The Morgan fingerprint density at radius 2 is 1.81 bits per heavy atom. The van der Waals surface area contributed by atoms with E-state index in [9.17, 15) is 4.79 Å². The summed E-state index contributed by atoms with van der Waals surface area (Å²) in [5, 5.41) is 3.38. The van der Waals surface area contributed by atoms with E-state index >= 15 is 0 Å². The van der Waals surface area contributed by atoms with Gasteiger partial charge in [0.05, 0.1) is 12.7 Å². The Morgan fingerprint density at radius 1 is 1.14 bits per heavy atom. The number of amides is 1. The molecule has 0 aromatic heterocycles. The van der Waals surface area contributed by atoms with Crippen LogP contribution in [0.4, 0.5) is 0 Å². The molecule has 0 spiro atoms. The number of carbonyl (C=O) groups is 1. The summed E-state index contributed by atoms with van der Waals surface area (Å²) < 4.78 is 5.17. The molecule has 0 saturated carbocycles.